The molecule has 1 aromatic heterocycles. The van der Waals surface area contributed by atoms with E-state index in [9.17, 15) is 4.79 Å². The fraction of sp³-hybridized carbons (Fsp3) is 0.125. The molecule has 19 heavy (non-hydrogen) atoms. The zero-order valence-electron chi connectivity index (χ0n) is 10.5. The third-order valence-electron chi connectivity index (χ3n) is 3.31. The molecule has 3 rings (SSSR count). The van der Waals surface area contributed by atoms with Crippen molar-refractivity contribution in [3.63, 3.8) is 0 Å². The van der Waals surface area contributed by atoms with E-state index in [4.69, 9.17) is 0 Å². The molecule has 0 spiro atoms. The van der Waals surface area contributed by atoms with Crippen LogP contribution in [-0.2, 0) is 6.42 Å². The largest absolute Gasteiger partial charge is 0.289 e. The van der Waals surface area contributed by atoms with Crippen molar-refractivity contribution < 1.29 is 4.79 Å². The van der Waals surface area contributed by atoms with Gasteiger partial charge in [-0.2, -0.15) is 0 Å². The van der Waals surface area contributed by atoms with E-state index in [-0.39, 0.29) is 5.78 Å². The Bertz CT molecular complexity index is 704. The number of rotatable bonds is 1. The number of hydrogen-bond donors (Lipinski definition) is 0. The summed E-state index contributed by atoms with van der Waals surface area (Å²) in [5, 5.41) is 0. The summed E-state index contributed by atoms with van der Waals surface area (Å²) in [7, 11) is 0. The molecular weight excluding hydrogens is 302 g/mol. The van der Waals surface area contributed by atoms with Crippen molar-refractivity contribution in [3.05, 3.63) is 69.0 Å². The predicted molar refractivity (Wildman–Crippen MR) is 79.1 cm³/mol. The molecule has 0 amide bonds. The number of aromatic nitrogens is 1. The van der Waals surface area contributed by atoms with Gasteiger partial charge in [0.15, 0.2) is 5.78 Å². The molecule has 94 valence electrons. The second kappa shape index (κ2) is 4.74. The third-order valence-corrected chi connectivity index (χ3v) is 3.97. The summed E-state index contributed by atoms with van der Waals surface area (Å²) in [6.07, 6.45) is 6.13. The highest BCUT2D eigenvalue weighted by Gasteiger charge is 2.24. The van der Waals surface area contributed by atoms with Crippen LogP contribution < -0.4 is 0 Å². The lowest BCUT2D eigenvalue weighted by Gasteiger charge is -1.99. The van der Waals surface area contributed by atoms with Gasteiger partial charge in [0.1, 0.15) is 0 Å². The SMILES string of the molecule is Cc1ccc2c(c1)C/C(=C\c1ccncc1Br)C2=O. The average Bonchev–Trinajstić information content (AvgIpc) is 2.68. The molecule has 0 saturated carbocycles. The van der Waals surface area contributed by atoms with Crippen LogP contribution in [0.2, 0.25) is 0 Å². The maximum atomic E-state index is 12.3. The first kappa shape index (κ1) is 12.3. The van der Waals surface area contributed by atoms with Gasteiger partial charge < -0.3 is 0 Å². The van der Waals surface area contributed by atoms with Crippen molar-refractivity contribution in [1.29, 1.82) is 0 Å². The first-order chi connectivity index (χ1) is 9.15. The number of Topliss-reactive ketones (excluding diaryl/α,β-unsaturated/α-hetero) is 1. The molecule has 0 atom stereocenters. The molecule has 2 nitrogen and oxygen atoms in total. The number of carbonyl (C=O) groups is 1. The number of aryl methyl sites for hydroxylation is 1. The average molecular weight is 314 g/mol. The summed E-state index contributed by atoms with van der Waals surface area (Å²) in [6, 6.07) is 7.91. The van der Waals surface area contributed by atoms with E-state index >= 15 is 0 Å². The molecule has 1 aromatic carbocycles. The minimum atomic E-state index is 0.138. The van der Waals surface area contributed by atoms with E-state index in [1.54, 1.807) is 12.4 Å². The van der Waals surface area contributed by atoms with E-state index in [0.29, 0.717) is 6.42 Å². The molecule has 0 radical (unpaired) electrons. The zero-order chi connectivity index (χ0) is 13.4. The number of ketones is 1. The van der Waals surface area contributed by atoms with Gasteiger partial charge in [-0.25, -0.2) is 0 Å². The second-order valence-electron chi connectivity index (χ2n) is 4.73. The van der Waals surface area contributed by atoms with Crippen LogP contribution in [0.1, 0.15) is 27.0 Å². The van der Waals surface area contributed by atoms with Gasteiger partial charge in [-0.05, 0) is 46.1 Å². The lowest BCUT2D eigenvalue weighted by Crippen LogP contribution is -1.95. The molecule has 2 aromatic rings. The van der Waals surface area contributed by atoms with Crippen molar-refractivity contribution in [2.24, 2.45) is 0 Å². The van der Waals surface area contributed by atoms with Crippen LogP contribution in [0, 0.1) is 6.92 Å². The Kier molecular flexibility index (Phi) is 3.07. The molecule has 1 heterocycles. The number of fused-ring (bicyclic) bond motifs is 1. The minimum absolute atomic E-state index is 0.138. The quantitative estimate of drug-likeness (QED) is 0.745. The number of halogens is 1. The number of benzene rings is 1. The normalized spacial score (nSPS) is 15.9. The van der Waals surface area contributed by atoms with Gasteiger partial charge in [-0.1, -0.05) is 23.8 Å². The number of nitrogens with zero attached hydrogens (tertiary/aromatic N) is 1. The van der Waals surface area contributed by atoms with Gasteiger partial charge in [-0.15, -0.1) is 0 Å². The van der Waals surface area contributed by atoms with Crippen molar-refractivity contribution >= 4 is 27.8 Å². The Morgan fingerprint density at radius 2 is 2.16 bits per heavy atom. The molecule has 3 heteroatoms. The molecule has 0 bridgehead atoms. The van der Waals surface area contributed by atoms with Gasteiger partial charge in [0.05, 0.1) is 0 Å². The van der Waals surface area contributed by atoms with Crippen molar-refractivity contribution in [2.45, 2.75) is 13.3 Å². The molecule has 1 aliphatic carbocycles. The summed E-state index contributed by atoms with van der Waals surface area (Å²) < 4.78 is 0.905. The highest BCUT2D eigenvalue weighted by molar-refractivity contribution is 9.10. The molecule has 0 aliphatic heterocycles. The van der Waals surface area contributed by atoms with Crippen LogP contribution in [0.5, 0.6) is 0 Å². The number of carbonyl (C=O) groups excluding carboxylic acids is 1. The minimum Gasteiger partial charge on any atom is -0.289 e. The summed E-state index contributed by atoms with van der Waals surface area (Å²) in [5.74, 6) is 0.138. The van der Waals surface area contributed by atoms with Crippen molar-refractivity contribution in [3.8, 4) is 0 Å². The van der Waals surface area contributed by atoms with Crippen LogP contribution in [0.3, 0.4) is 0 Å². The Hall–Kier alpha value is -1.74. The summed E-state index contributed by atoms with van der Waals surface area (Å²) in [6.45, 7) is 2.05. The van der Waals surface area contributed by atoms with Gasteiger partial charge in [0.25, 0.3) is 0 Å². The summed E-state index contributed by atoms with van der Waals surface area (Å²) in [5.41, 5.74) is 4.98. The monoisotopic (exact) mass is 313 g/mol. The summed E-state index contributed by atoms with van der Waals surface area (Å²) in [4.78, 5) is 16.4. The molecule has 0 fully saturated rings. The first-order valence-electron chi connectivity index (χ1n) is 6.09. The fourth-order valence-electron chi connectivity index (χ4n) is 2.36. The summed E-state index contributed by atoms with van der Waals surface area (Å²) >= 11 is 3.45. The Balaban J connectivity index is 2.02. The maximum absolute atomic E-state index is 12.3. The van der Waals surface area contributed by atoms with Crippen LogP contribution in [0.4, 0.5) is 0 Å². The standard InChI is InChI=1S/C16H12BrNO/c1-10-2-3-14-12(6-10)8-13(16(14)19)7-11-4-5-18-9-15(11)17/h2-7,9H,8H2,1H3/b13-7+. The second-order valence-corrected chi connectivity index (χ2v) is 5.59. The van der Waals surface area contributed by atoms with Gasteiger partial charge >= 0.3 is 0 Å². The van der Waals surface area contributed by atoms with Crippen LogP contribution >= 0.6 is 15.9 Å². The third kappa shape index (κ3) is 2.26. The molecule has 1 aliphatic rings. The molecular formula is C16H12BrNO. The van der Waals surface area contributed by atoms with E-state index < -0.39 is 0 Å². The van der Waals surface area contributed by atoms with Crippen LogP contribution in [0.15, 0.2) is 46.7 Å². The van der Waals surface area contributed by atoms with Gasteiger partial charge in [0, 0.05) is 34.4 Å². The fourth-order valence-corrected chi connectivity index (χ4v) is 2.72. The van der Waals surface area contributed by atoms with Crippen molar-refractivity contribution in [1.82, 2.24) is 4.98 Å². The predicted octanol–water partition coefficient (Wildman–Crippen LogP) is 3.97. The van der Waals surface area contributed by atoms with Crippen LogP contribution in [0.25, 0.3) is 6.08 Å². The van der Waals surface area contributed by atoms with Gasteiger partial charge in [-0.3, -0.25) is 9.78 Å². The highest BCUT2D eigenvalue weighted by atomic mass is 79.9. The zero-order valence-corrected chi connectivity index (χ0v) is 12.1. The molecule has 0 N–H and O–H groups in total. The topological polar surface area (TPSA) is 30.0 Å². The lowest BCUT2D eigenvalue weighted by atomic mass is 10.1. The highest BCUT2D eigenvalue weighted by Crippen LogP contribution is 2.29. The Morgan fingerprint density at radius 1 is 1.32 bits per heavy atom. The Morgan fingerprint density at radius 3 is 2.95 bits per heavy atom. The van der Waals surface area contributed by atoms with Crippen molar-refractivity contribution in [2.75, 3.05) is 0 Å². The Labute approximate surface area is 120 Å². The maximum Gasteiger partial charge on any atom is 0.189 e. The van der Waals surface area contributed by atoms with E-state index in [1.165, 1.54) is 5.56 Å². The lowest BCUT2D eigenvalue weighted by molar-refractivity contribution is 0.104. The van der Waals surface area contributed by atoms with E-state index in [2.05, 4.69) is 27.0 Å². The smallest absolute Gasteiger partial charge is 0.189 e. The van der Waals surface area contributed by atoms with E-state index in [1.807, 2.05) is 31.2 Å². The van der Waals surface area contributed by atoms with E-state index in [0.717, 1.165) is 26.7 Å². The van der Waals surface area contributed by atoms with Gasteiger partial charge in [0.2, 0.25) is 0 Å². The number of hydrogen-bond acceptors (Lipinski definition) is 2. The molecule has 0 saturated heterocycles. The number of allylic oxidation sites excluding steroid dienone is 1. The number of pyridine rings is 1. The van der Waals surface area contributed by atoms with Crippen LogP contribution in [-0.4, -0.2) is 10.8 Å². The first-order valence-corrected chi connectivity index (χ1v) is 6.89. The molecule has 0 unspecified atom stereocenters.